The van der Waals surface area contributed by atoms with Gasteiger partial charge >= 0.3 is 6.03 Å². The summed E-state index contributed by atoms with van der Waals surface area (Å²) in [6.07, 6.45) is 6.71. The molecule has 1 N–H and O–H groups in total. The molecule has 116 valence electrons. The SMILES string of the molecule is Cc1nccn1C[C@H]1CCCN1C(=O)Nc1ccc(F)cn1. The van der Waals surface area contributed by atoms with E-state index in [1.807, 2.05) is 22.6 Å². The van der Waals surface area contributed by atoms with Crippen molar-refractivity contribution in [2.75, 3.05) is 11.9 Å². The van der Waals surface area contributed by atoms with E-state index in [1.165, 1.54) is 12.1 Å². The third-order valence-corrected chi connectivity index (χ3v) is 3.93. The molecular weight excluding hydrogens is 285 g/mol. The second-order valence-electron chi connectivity index (χ2n) is 5.41. The van der Waals surface area contributed by atoms with Gasteiger partial charge in [0.05, 0.1) is 12.2 Å². The highest BCUT2D eigenvalue weighted by Gasteiger charge is 2.29. The zero-order valence-corrected chi connectivity index (χ0v) is 12.4. The summed E-state index contributed by atoms with van der Waals surface area (Å²) in [4.78, 5) is 22.2. The topological polar surface area (TPSA) is 63.1 Å². The van der Waals surface area contributed by atoms with Gasteiger partial charge in [-0.2, -0.15) is 0 Å². The van der Waals surface area contributed by atoms with Crippen molar-refractivity contribution in [2.45, 2.75) is 32.4 Å². The van der Waals surface area contributed by atoms with Gasteiger partial charge < -0.3 is 9.47 Å². The van der Waals surface area contributed by atoms with Gasteiger partial charge in [0, 0.05) is 25.5 Å². The minimum atomic E-state index is -0.423. The number of carbonyl (C=O) groups excluding carboxylic acids is 1. The zero-order chi connectivity index (χ0) is 15.5. The minimum Gasteiger partial charge on any atom is -0.333 e. The maximum atomic E-state index is 12.8. The van der Waals surface area contributed by atoms with Gasteiger partial charge in [0.1, 0.15) is 17.5 Å². The van der Waals surface area contributed by atoms with E-state index in [1.54, 1.807) is 6.20 Å². The molecule has 7 heteroatoms. The molecule has 2 aromatic heterocycles. The summed E-state index contributed by atoms with van der Waals surface area (Å²) in [5.74, 6) is 0.871. The molecule has 1 saturated heterocycles. The lowest BCUT2D eigenvalue weighted by Crippen LogP contribution is -2.41. The van der Waals surface area contributed by atoms with Crippen molar-refractivity contribution in [2.24, 2.45) is 0 Å². The van der Waals surface area contributed by atoms with Crippen LogP contribution in [-0.4, -0.2) is 38.1 Å². The number of nitrogens with one attached hydrogen (secondary N) is 1. The second kappa shape index (κ2) is 6.13. The van der Waals surface area contributed by atoms with E-state index < -0.39 is 5.82 Å². The van der Waals surface area contributed by atoms with Crippen molar-refractivity contribution in [1.82, 2.24) is 19.4 Å². The van der Waals surface area contributed by atoms with Crippen molar-refractivity contribution in [3.63, 3.8) is 0 Å². The van der Waals surface area contributed by atoms with Crippen LogP contribution in [0, 0.1) is 12.7 Å². The van der Waals surface area contributed by atoms with Crippen LogP contribution in [0.2, 0.25) is 0 Å². The van der Waals surface area contributed by atoms with Crippen LogP contribution in [0.4, 0.5) is 15.0 Å². The number of aromatic nitrogens is 3. The first-order chi connectivity index (χ1) is 10.6. The van der Waals surface area contributed by atoms with Crippen LogP contribution in [0.5, 0.6) is 0 Å². The van der Waals surface area contributed by atoms with E-state index in [4.69, 9.17) is 0 Å². The van der Waals surface area contributed by atoms with Gasteiger partial charge in [-0.15, -0.1) is 0 Å². The fourth-order valence-electron chi connectivity index (χ4n) is 2.75. The van der Waals surface area contributed by atoms with Crippen LogP contribution in [0.15, 0.2) is 30.7 Å². The first kappa shape index (κ1) is 14.5. The van der Waals surface area contributed by atoms with Crippen molar-refractivity contribution >= 4 is 11.8 Å². The fourth-order valence-corrected chi connectivity index (χ4v) is 2.75. The summed E-state index contributed by atoms with van der Waals surface area (Å²) < 4.78 is 14.9. The molecule has 2 aromatic rings. The molecule has 0 saturated carbocycles. The molecule has 1 aliphatic rings. The number of likely N-dealkylation sites (tertiary alicyclic amines) is 1. The normalized spacial score (nSPS) is 17.7. The molecule has 22 heavy (non-hydrogen) atoms. The molecule has 3 heterocycles. The Bertz CT molecular complexity index is 654. The summed E-state index contributed by atoms with van der Waals surface area (Å²) in [6, 6.07) is 2.67. The number of amides is 2. The molecule has 0 radical (unpaired) electrons. The van der Waals surface area contributed by atoms with E-state index in [0.717, 1.165) is 31.4 Å². The zero-order valence-electron chi connectivity index (χ0n) is 12.4. The van der Waals surface area contributed by atoms with Gasteiger partial charge in [-0.3, -0.25) is 5.32 Å². The number of pyridine rings is 1. The number of urea groups is 1. The molecule has 1 aliphatic heterocycles. The molecule has 2 amide bonds. The molecule has 0 bridgehead atoms. The highest BCUT2D eigenvalue weighted by molar-refractivity contribution is 5.88. The van der Waals surface area contributed by atoms with Crippen molar-refractivity contribution < 1.29 is 9.18 Å². The Morgan fingerprint density at radius 2 is 2.32 bits per heavy atom. The number of nitrogens with zero attached hydrogens (tertiary/aromatic N) is 4. The second-order valence-corrected chi connectivity index (χ2v) is 5.41. The molecule has 0 aromatic carbocycles. The number of carbonyl (C=O) groups is 1. The molecule has 1 atom stereocenters. The van der Waals surface area contributed by atoms with Crippen molar-refractivity contribution in [1.29, 1.82) is 0 Å². The summed E-state index contributed by atoms with van der Waals surface area (Å²) in [6.45, 7) is 3.39. The number of halogens is 1. The lowest BCUT2D eigenvalue weighted by atomic mass is 10.2. The molecule has 6 nitrogen and oxygen atoms in total. The van der Waals surface area contributed by atoms with Crippen LogP contribution in [-0.2, 0) is 6.54 Å². The van der Waals surface area contributed by atoms with Crippen molar-refractivity contribution in [3.8, 4) is 0 Å². The molecule has 0 aliphatic carbocycles. The standard InChI is InChI=1S/C15H18FN5O/c1-11-17-6-8-20(11)10-13-3-2-7-21(13)15(22)19-14-5-4-12(16)9-18-14/h4-6,8-9,13H,2-3,7,10H2,1H3,(H,18,19,22)/t13-/m1/s1. The molecule has 0 spiro atoms. The van der Waals surface area contributed by atoms with Gasteiger partial charge in [0.15, 0.2) is 0 Å². The van der Waals surface area contributed by atoms with Crippen LogP contribution in [0.25, 0.3) is 0 Å². The number of anilines is 1. The monoisotopic (exact) mass is 303 g/mol. The largest absolute Gasteiger partial charge is 0.333 e. The van der Waals surface area contributed by atoms with Crippen LogP contribution < -0.4 is 5.32 Å². The molecule has 0 unspecified atom stereocenters. The van der Waals surface area contributed by atoms with Gasteiger partial charge in [0.2, 0.25) is 0 Å². The number of hydrogen-bond donors (Lipinski definition) is 1. The average Bonchev–Trinajstić information content (AvgIpc) is 3.12. The van der Waals surface area contributed by atoms with Crippen LogP contribution in [0.3, 0.4) is 0 Å². The van der Waals surface area contributed by atoms with Crippen molar-refractivity contribution in [3.05, 3.63) is 42.4 Å². The third kappa shape index (κ3) is 3.08. The third-order valence-electron chi connectivity index (χ3n) is 3.93. The van der Waals surface area contributed by atoms with E-state index in [0.29, 0.717) is 12.4 Å². The highest BCUT2D eigenvalue weighted by atomic mass is 19.1. The van der Waals surface area contributed by atoms with E-state index >= 15 is 0 Å². The van der Waals surface area contributed by atoms with E-state index in [9.17, 15) is 9.18 Å². The predicted molar refractivity (Wildman–Crippen MR) is 79.9 cm³/mol. The van der Waals surface area contributed by atoms with Gasteiger partial charge in [0.25, 0.3) is 0 Å². The van der Waals surface area contributed by atoms with Gasteiger partial charge in [-0.25, -0.2) is 19.2 Å². The minimum absolute atomic E-state index is 0.133. The Morgan fingerprint density at radius 1 is 1.45 bits per heavy atom. The Morgan fingerprint density at radius 3 is 3.00 bits per heavy atom. The number of rotatable bonds is 3. The van der Waals surface area contributed by atoms with Gasteiger partial charge in [-0.1, -0.05) is 0 Å². The summed E-state index contributed by atoms with van der Waals surface area (Å²) >= 11 is 0. The summed E-state index contributed by atoms with van der Waals surface area (Å²) in [5.41, 5.74) is 0. The fraction of sp³-hybridized carbons (Fsp3) is 0.400. The average molecular weight is 303 g/mol. The quantitative estimate of drug-likeness (QED) is 0.947. The smallest absolute Gasteiger partial charge is 0.323 e. The van der Waals surface area contributed by atoms with Crippen LogP contribution >= 0.6 is 0 Å². The predicted octanol–water partition coefficient (Wildman–Crippen LogP) is 2.42. The van der Waals surface area contributed by atoms with Crippen LogP contribution in [0.1, 0.15) is 18.7 Å². The summed E-state index contributed by atoms with van der Waals surface area (Å²) in [5, 5.41) is 2.72. The van der Waals surface area contributed by atoms with E-state index in [2.05, 4.69) is 15.3 Å². The number of imidazole rings is 1. The lowest BCUT2D eigenvalue weighted by Gasteiger charge is -2.25. The molecule has 1 fully saturated rings. The Kier molecular flexibility index (Phi) is 4.04. The number of hydrogen-bond acceptors (Lipinski definition) is 3. The molecular formula is C15H18FN5O. The maximum absolute atomic E-state index is 12.8. The Hall–Kier alpha value is -2.44. The molecule has 3 rings (SSSR count). The maximum Gasteiger partial charge on any atom is 0.323 e. The van der Waals surface area contributed by atoms with Gasteiger partial charge in [-0.05, 0) is 31.9 Å². The highest BCUT2D eigenvalue weighted by Crippen LogP contribution is 2.20. The summed E-state index contributed by atoms with van der Waals surface area (Å²) in [7, 11) is 0. The first-order valence-electron chi connectivity index (χ1n) is 7.30. The number of aryl methyl sites for hydroxylation is 1. The Labute approximate surface area is 128 Å². The Balaban J connectivity index is 1.66. The lowest BCUT2D eigenvalue weighted by molar-refractivity contribution is 0.200. The first-order valence-corrected chi connectivity index (χ1v) is 7.30. The van der Waals surface area contributed by atoms with E-state index in [-0.39, 0.29) is 12.1 Å².